The van der Waals surface area contributed by atoms with Crippen LogP contribution in [0.25, 0.3) is 0 Å². The summed E-state index contributed by atoms with van der Waals surface area (Å²) in [6, 6.07) is -0.182. The lowest BCUT2D eigenvalue weighted by Crippen LogP contribution is -2.44. The van der Waals surface area contributed by atoms with Crippen LogP contribution in [0.1, 0.15) is 52.8 Å². The maximum atomic E-state index is 11.8. The van der Waals surface area contributed by atoms with Crippen molar-refractivity contribution in [1.29, 1.82) is 0 Å². The van der Waals surface area contributed by atoms with Gasteiger partial charge >= 0.3 is 6.09 Å². The summed E-state index contributed by atoms with van der Waals surface area (Å²) in [6.45, 7) is 12.2. The maximum Gasteiger partial charge on any atom is 0.407 e. The van der Waals surface area contributed by atoms with Crippen LogP contribution in [0.2, 0.25) is 0 Å². The third-order valence-electron chi connectivity index (χ3n) is 2.94. The van der Waals surface area contributed by atoms with Crippen LogP contribution in [0.5, 0.6) is 0 Å². The average Bonchev–Trinajstić information content (AvgIpc) is 2.73. The minimum absolute atomic E-state index is 0.0309. The number of H-pyrrole nitrogens is 1. The highest BCUT2D eigenvalue weighted by Crippen LogP contribution is 2.24. The molecule has 6 heteroatoms. The molecule has 0 saturated carbocycles. The molecule has 1 atom stereocenters. The van der Waals surface area contributed by atoms with Crippen molar-refractivity contribution in [3.8, 4) is 0 Å². The molecular weight excluding hydrogens is 268 g/mol. The van der Waals surface area contributed by atoms with E-state index in [1.165, 1.54) is 0 Å². The normalized spacial score (nSPS) is 13.9. The van der Waals surface area contributed by atoms with E-state index in [2.05, 4.69) is 36.3 Å². The molecule has 0 fully saturated rings. The van der Waals surface area contributed by atoms with Gasteiger partial charge in [0.1, 0.15) is 5.60 Å². The molecule has 1 rings (SSSR count). The van der Waals surface area contributed by atoms with Crippen LogP contribution in [-0.4, -0.2) is 34.5 Å². The fourth-order valence-electron chi connectivity index (χ4n) is 2.05. The lowest BCUT2D eigenvalue weighted by molar-refractivity contribution is 0.0506. The van der Waals surface area contributed by atoms with Gasteiger partial charge in [-0.2, -0.15) is 5.10 Å². The highest BCUT2D eigenvalue weighted by Gasteiger charge is 2.23. The number of alkyl carbamates (subject to hydrolysis) is 1. The van der Waals surface area contributed by atoms with Gasteiger partial charge in [0.2, 0.25) is 0 Å². The molecule has 1 aromatic rings. The summed E-state index contributed by atoms with van der Waals surface area (Å²) in [5, 5.41) is 9.95. The number of carbonyl (C=O) groups is 1. The number of aromatic amines is 1. The summed E-state index contributed by atoms with van der Waals surface area (Å²) < 4.78 is 5.26. The van der Waals surface area contributed by atoms with Gasteiger partial charge in [0, 0.05) is 23.7 Å². The summed E-state index contributed by atoms with van der Waals surface area (Å²) in [5.74, 6) is 0. The number of carbonyl (C=O) groups excluding carboxylic acids is 1. The number of rotatable bonds is 4. The summed E-state index contributed by atoms with van der Waals surface area (Å²) in [4.78, 5) is 11.8. The van der Waals surface area contributed by atoms with E-state index in [-0.39, 0.29) is 11.5 Å². The van der Waals surface area contributed by atoms with Crippen molar-refractivity contribution in [3.05, 3.63) is 17.5 Å². The molecule has 0 spiro atoms. The molecule has 1 amide bonds. The van der Waals surface area contributed by atoms with E-state index in [1.807, 2.05) is 20.8 Å². The van der Waals surface area contributed by atoms with Crippen LogP contribution in [0.15, 0.2) is 6.20 Å². The average molecular weight is 296 g/mol. The largest absolute Gasteiger partial charge is 0.444 e. The van der Waals surface area contributed by atoms with E-state index in [4.69, 9.17) is 10.5 Å². The number of hydrogen-bond acceptors (Lipinski definition) is 4. The van der Waals surface area contributed by atoms with Crippen molar-refractivity contribution in [3.63, 3.8) is 0 Å². The number of amides is 1. The van der Waals surface area contributed by atoms with Gasteiger partial charge in [-0.25, -0.2) is 4.79 Å². The quantitative estimate of drug-likeness (QED) is 0.793. The molecule has 1 aromatic heterocycles. The molecule has 6 nitrogen and oxygen atoms in total. The Bertz CT molecular complexity index is 469. The molecule has 0 aromatic carbocycles. The van der Waals surface area contributed by atoms with Crippen molar-refractivity contribution >= 4 is 6.09 Å². The SMILES string of the molecule is CC(C)(C)OC(=O)NC(CN)Cc1cn[nH]c1C(C)(C)C. The fourth-order valence-corrected chi connectivity index (χ4v) is 2.05. The van der Waals surface area contributed by atoms with E-state index in [0.717, 1.165) is 11.3 Å². The first-order valence-corrected chi connectivity index (χ1v) is 7.25. The Morgan fingerprint density at radius 1 is 1.38 bits per heavy atom. The van der Waals surface area contributed by atoms with Crippen LogP contribution in [0, 0.1) is 0 Å². The third kappa shape index (κ3) is 5.75. The molecule has 1 heterocycles. The Hall–Kier alpha value is -1.56. The monoisotopic (exact) mass is 296 g/mol. The van der Waals surface area contributed by atoms with Gasteiger partial charge < -0.3 is 15.8 Å². The second-order valence-corrected chi connectivity index (χ2v) is 7.30. The zero-order chi connectivity index (χ0) is 16.3. The van der Waals surface area contributed by atoms with E-state index >= 15 is 0 Å². The van der Waals surface area contributed by atoms with Gasteiger partial charge in [-0.15, -0.1) is 0 Å². The van der Waals surface area contributed by atoms with E-state index in [1.54, 1.807) is 6.20 Å². The molecule has 0 aliphatic heterocycles. The third-order valence-corrected chi connectivity index (χ3v) is 2.94. The number of aromatic nitrogens is 2. The molecule has 0 aliphatic carbocycles. The number of nitrogens with zero attached hydrogens (tertiary/aromatic N) is 1. The van der Waals surface area contributed by atoms with Crippen LogP contribution in [0.3, 0.4) is 0 Å². The molecule has 0 saturated heterocycles. The van der Waals surface area contributed by atoms with Crippen LogP contribution in [-0.2, 0) is 16.6 Å². The zero-order valence-electron chi connectivity index (χ0n) is 13.9. The van der Waals surface area contributed by atoms with Crippen LogP contribution in [0.4, 0.5) is 4.79 Å². The predicted molar refractivity (Wildman–Crippen MR) is 83.2 cm³/mol. The fraction of sp³-hybridized carbons (Fsp3) is 0.733. The van der Waals surface area contributed by atoms with Gasteiger partial charge in [-0.05, 0) is 32.8 Å². The number of nitrogens with one attached hydrogen (secondary N) is 2. The van der Waals surface area contributed by atoms with Gasteiger partial charge in [0.25, 0.3) is 0 Å². The Labute approximate surface area is 126 Å². The Kier molecular flexibility index (Phi) is 5.39. The molecule has 21 heavy (non-hydrogen) atoms. The standard InChI is InChI=1S/C15H28N4O2/c1-14(2,3)12-10(9-17-19-12)7-11(8-16)18-13(20)21-15(4,5)6/h9,11H,7-8,16H2,1-6H3,(H,17,19)(H,18,20). The zero-order valence-corrected chi connectivity index (χ0v) is 13.9. The van der Waals surface area contributed by atoms with Crippen LogP contribution < -0.4 is 11.1 Å². The first kappa shape index (κ1) is 17.5. The Balaban J connectivity index is 2.71. The number of nitrogens with two attached hydrogens (primary N) is 1. The maximum absolute atomic E-state index is 11.8. The second kappa shape index (κ2) is 6.47. The summed E-state index contributed by atoms with van der Waals surface area (Å²) >= 11 is 0. The highest BCUT2D eigenvalue weighted by atomic mass is 16.6. The predicted octanol–water partition coefficient (Wildman–Crippen LogP) is 2.10. The Morgan fingerprint density at radius 2 is 2.00 bits per heavy atom. The van der Waals surface area contributed by atoms with Crippen molar-refractivity contribution < 1.29 is 9.53 Å². The molecule has 4 N–H and O–H groups in total. The van der Waals surface area contributed by atoms with E-state index < -0.39 is 11.7 Å². The lowest BCUT2D eigenvalue weighted by Gasteiger charge is -2.24. The van der Waals surface area contributed by atoms with E-state index in [9.17, 15) is 4.79 Å². The molecule has 120 valence electrons. The minimum atomic E-state index is -0.518. The van der Waals surface area contributed by atoms with Gasteiger partial charge in [-0.1, -0.05) is 20.8 Å². The summed E-state index contributed by atoms with van der Waals surface area (Å²) in [7, 11) is 0. The molecule has 0 aliphatic rings. The molecule has 0 radical (unpaired) electrons. The van der Waals surface area contributed by atoms with Crippen LogP contribution >= 0.6 is 0 Å². The van der Waals surface area contributed by atoms with E-state index in [0.29, 0.717) is 13.0 Å². The highest BCUT2D eigenvalue weighted by molar-refractivity contribution is 5.68. The first-order valence-electron chi connectivity index (χ1n) is 7.25. The lowest BCUT2D eigenvalue weighted by atomic mass is 9.88. The molecule has 1 unspecified atom stereocenters. The second-order valence-electron chi connectivity index (χ2n) is 7.30. The van der Waals surface area contributed by atoms with Gasteiger partial charge in [0.05, 0.1) is 6.20 Å². The van der Waals surface area contributed by atoms with Crippen molar-refractivity contribution in [2.24, 2.45) is 5.73 Å². The van der Waals surface area contributed by atoms with Gasteiger partial charge in [-0.3, -0.25) is 5.10 Å². The van der Waals surface area contributed by atoms with Crippen molar-refractivity contribution in [2.45, 2.75) is 65.0 Å². The first-order chi connectivity index (χ1) is 9.53. The van der Waals surface area contributed by atoms with Crippen molar-refractivity contribution in [2.75, 3.05) is 6.54 Å². The molecule has 0 bridgehead atoms. The Morgan fingerprint density at radius 3 is 2.48 bits per heavy atom. The van der Waals surface area contributed by atoms with Gasteiger partial charge in [0.15, 0.2) is 0 Å². The minimum Gasteiger partial charge on any atom is -0.444 e. The summed E-state index contributed by atoms with van der Waals surface area (Å²) in [6.07, 6.45) is 1.97. The van der Waals surface area contributed by atoms with Crippen molar-refractivity contribution in [1.82, 2.24) is 15.5 Å². The number of hydrogen-bond donors (Lipinski definition) is 3. The number of ether oxygens (including phenoxy) is 1. The summed E-state index contributed by atoms with van der Waals surface area (Å²) in [5.41, 5.74) is 7.34. The molecular formula is C15H28N4O2. The topological polar surface area (TPSA) is 93.0 Å². The smallest absolute Gasteiger partial charge is 0.407 e.